The van der Waals surface area contributed by atoms with Crippen LogP contribution in [0.4, 0.5) is 5.95 Å². The number of benzene rings is 1. The fraction of sp³-hybridized carbons (Fsp3) is 0.143. The van der Waals surface area contributed by atoms with E-state index in [0.717, 1.165) is 16.3 Å². The van der Waals surface area contributed by atoms with Crippen LogP contribution in [0.15, 0.2) is 36.7 Å². The number of pyridine rings is 1. The molecule has 0 saturated heterocycles. The van der Waals surface area contributed by atoms with Crippen molar-refractivity contribution >= 4 is 16.7 Å². The lowest BCUT2D eigenvalue weighted by atomic mass is 10.1. The zero-order chi connectivity index (χ0) is 13.9. The number of anilines is 1. The Kier molecular flexibility index (Phi) is 3.12. The third kappa shape index (κ3) is 2.23. The number of hydrogen-bond acceptors (Lipinski definition) is 6. The third-order valence-electron chi connectivity index (χ3n) is 2.83. The molecular weight excluding hydrogens is 254 g/mol. The van der Waals surface area contributed by atoms with E-state index in [1.165, 1.54) is 0 Å². The van der Waals surface area contributed by atoms with Crippen molar-refractivity contribution in [1.82, 2.24) is 19.9 Å². The molecular formula is C14H13N5O. The minimum absolute atomic E-state index is 0.143. The maximum atomic E-state index is 5.72. The quantitative estimate of drug-likeness (QED) is 0.781. The molecule has 0 atom stereocenters. The summed E-state index contributed by atoms with van der Waals surface area (Å²) in [6, 6.07) is 8.01. The van der Waals surface area contributed by atoms with Gasteiger partial charge in [-0.15, -0.1) is 0 Å². The van der Waals surface area contributed by atoms with Crippen LogP contribution in [-0.4, -0.2) is 26.5 Å². The normalized spacial score (nSPS) is 10.7. The molecule has 0 amide bonds. The van der Waals surface area contributed by atoms with Crippen LogP contribution in [0, 0.1) is 0 Å². The molecule has 0 spiro atoms. The van der Waals surface area contributed by atoms with Gasteiger partial charge in [-0.3, -0.25) is 4.98 Å². The Morgan fingerprint density at radius 1 is 1.15 bits per heavy atom. The summed E-state index contributed by atoms with van der Waals surface area (Å²) in [4.78, 5) is 16.6. The molecule has 0 aliphatic heterocycles. The van der Waals surface area contributed by atoms with E-state index in [2.05, 4.69) is 19.9 Å². The minimum atomic E-state index is 0.143. The van der Waals surface area contributed by atoms with Crippen molar-refractivity contribution in [2.45, 2.75) is 6.92 Å². The highest BCUT2D eigenvalue weighted by atomic mass is 16.5. The third-order valence-corrected chi connectivity index (χ3v) is 2.83. The number of rotatable bonds is 3. The van der Waals surface area contributed by atoms with Crippen LogP contribution in [0.5, 0.6) is 6.01 Å². The van der Waals surface area contributed by atoms with Crippen LogP contribution >= 0.6 is 0 Å². The lowest BCUT2D eigenvalue weighted by Crippen LogP contribution is -2.04. The van der Waals surface area contributed by atoms with Gasteiger partial charge >= 0.3 is 6.01 Å². The van der Waals surface area contributed by atoms with Gasteiger partial charge in [0.2, 0.25) is 5.95 Å². The highest BCUT2D eigenvalue weighted by Crippen LogP contribution is 2.26. The first-order valence-electron chi connectivity index (χ1n) is 6.25. The predicted octanol–water partition coefficient (Wildman–Crippen LogP) is 2.07. The summed E-state index contributed by atoms with van der Waals surface area (Å²) in [6.45, 7) is 2.34. The molecule has 6 nitrogen and oxygen atoms in total. The number of ether oxygens (including phenoxy) is 1. The van der Waals surface area contributed by atoms with Crippen LogP contribution in [0.3, 0.4) is 0 Å². The van der Waals surface area contributed by atoms with E-state index < -0.39 is 0 Å². The molecule has 0 unspecified atom stereocenters. The fourth-order valence-corrected chi connectivity index (χ4v) is 2.00. The van der Waals surface area contributed by atoms with Crippen LogP contribution in [0.25, 0.3) is 22.2 Å². The maximum absolute atomic E-state index is 5.72. The van der Waals surface area contributed by atoms with Crippen LogP contribution in [0.1, 0.15) is 6.92 Å². The first kappa shape index (κ1) is 12.3. The van der Waals surface area contributed by atoms with Gasteiger partial charge in [0.1, 0.15) is 0 Å². The Bertz CT molecular complexity index is 754. The summed E-state index contributed by atoms with van der Waals surface area (Å²) >= 11 is 0. The summed E-state index contributed by atoms with van der Waals surface area (Å²) in [6.07, 6.45) is 3.53. The van der Waals surface area contributed by atoms with Crippen molar-refractivity contribution in [2.24, 2.45) is 0 Å². The molecule has 0 bridgehead atoms. The number of hydrogen-bond donors (Lipinski definition) is 1. The molecule has 2 aromatic heterocycles. The number of aromatic nitrogens is 4. The van der Waals surface area contributed by atoms with E-state index in [1.54, 1.807) is 12.4 Å². The average molecular weight is 267 g/mol. The van der Waals surface area contributed by atoms with Gasteiger partial charge in [-0.25, -0.2) is 0 Å². The Hall–Kier alpha value is -2.76. The lowest BCUT2D eigenvalue weighted by Gasteiger charge is -2.07. The second-order valence-electron chi connectivity index (χ2n) is 4.14. The Labute approximate surface area is 115 Å². The Morgan fingerprint density at radius 3 is 2.90 bits per heavy atom. The zero-order valence-corrected chi connectivity index (χ0v) is 10.9. The number of nitrogen functional groups attached to an aromatic ring is 1. The maximum Gasteiger partial charge on any atom is 0.321 e. The van der Waals surface area contributed by atoms with Crippen molar-refractivity contribution in [3.63, 3.8) is 0 Å². The average Bonchev–Trinajstić information content (AvgIpc) is 2.46. The molecule has 1 aromatic carbocycles. The highest BCUT2D eigenvalue weighted by molar-refractivity contribution is 5.94. The van der Waals surface area contributed by atoms with Crippen molar-refractivity contribution < 1.29 is 4.74 Å². The van der Waals surface area contributed by atoms with Gasteiger partial charge < -0.3 is 10.5 Å². The van der Waals surface area contributed by atoms with E-state index in [1.807, 2.05) is 31.2 Å². The van der Waals surface area contributed by atoms with Gasteiger partial charge in [0.25, 0.3) is 0 Å². The highest BCUT2D eigenvalue weighted by Gasteiger charge is 2.10. The van der Waals surface area contributed by atoms with E-state index in [4.69, 9.17) is 10.5 Å². The van der Waals surface area contributed by atoms with Gasteiger partial charge in [0.05, 0.1) is 6.61 Å². The van der Waals surface area contributed by atoms with E-state index in [9.17, 15) is 0 Å². The monoisotopic (exact) mass is 267 g/mol. The van der Waals surface area contributed by atoms with Gasteiger partial charge in [-0.05, 0) is 18.4 Å². The van der Waals surface area contributed by atoms with Gasteiger partial charge in [0.15, 0.2) is 5.82 Å². The Balaban J connectivity index is 2.20. The minimum Gasteiger partial charge on any atom is -0.464 e. The molecule has 2 heterocycles. The first-order chi connectivity index (χ1) is 9.78. The molecule has 0 aliphatic carbocycles. The summed E-state index contributed by atoms with van der Waals surface area (Å²) < 4.78 is 5.31. The molecule has 3 rings (SSSR count). The SMILES string of the molecule is CCOc1nc(N)nc(-c2cccc3cnccc23)n1. The van der Waals surface area contributed by atoms with E-state index in [-0.39, 0.29) is 12.0 Å². The molecule has 2 N–H and O–H groups in total. The largest absolute Gasteiger partial charge is 0.464 e. The molecule has 0 aliphatic rings. The molecule has 0 radical (unpaired) electrons. The number of nitrogens with zero attached hydrogens (tertiary/aromatic N) is 4. The molecule has 0 saturated carbocycles. The molecule has 6 heteroatoms. The van der Waals surface area contributed by atoms with Crippen LogP contribution < -0.4 is 10.5 Å². The number of fused-ring (bicyclic) bond motifs is 1. The second kappa shape index (κ2) is 5.08. The zero-order valence-electron chi connectivity index (χ0n) is 10.9. The van der Waals surface area contributed by atoms with Crippen LogP contribution in [0.2, 0.25) is 0 Å². The van der Waals surface area contributed by atoms with Gasteiger partial charge in [-0.1, -0.05) is 18.2 Å². The van der Waals surface area contributed by atoms with E-state index in [0.29, 0.717) is 12.4 Å². The lowest BCUT2D eigenvalue weighted by molar-refractivity contribution is 0.312. The van der Waals surface area contributed by atoms with Gasteiger partial charge in [-0.2, -0.15) is 15.0 Å². The topological polar surface area (TPSA) is 86.8 Å². The summed E-state index contributed by atoms with van der Waals surface area (Å²) in [5.41, 5.74) is 6.59. The fourth-order valence-electron chi connectivity index (χ4n) is 2.00. The van der Waals surface area contributed by atoms with E-state index >= 15 is 0 Å². The van der Waals surface area contributed by atoms with Gasteiger partial charge in [0, 0.05) is 23.3 Å². The number of nitrogens with two attached hydrogens (primary N) is 1. The van der Waals surface area contributed by atoms with Crippen molar-refractivity contribution in [3.8, 4) is 17.4 Å². The molecule has 100 valence electrons. The molecule has 3 aromatic rings. The summed E-state index contributed by atoms with van der Waals surface area (Å²) in [5, 5.41) is 2.03. The molecule has 20 heavy (non-hydrogen) atoms. The summed E-state index contributed by atoms with van der Waals surface area (Å²) in [7, 11) is 0. The Morgan fingerprint density at radius 2 is 2.05 bits per heavy atom. The first-order valence-corrected chi connectivity index (χ1v) is 6.25. The smallest absolute Gasteiger partial charge is 0.321 e. The second-order valence-corrected chi connectivity index (χ2v) is 4.14. The van der Waals surface area contributed by atoms with Crippen molar-refractivity contribution in [1.29, 1.82) is 0 Å². The molecule has 0 fully saturated rings. The summed E-state index contributed by atoms with van der Waals surface area (Å²) in [5.74, 6) is 0.641. The standard InChI is InChI=1S/C14H13N5O/c1-2-20-14-18-12(17-13(15)19-14)11-5-3-4-9-8-16-7-6-10(9)11/h3-8H,2H2,1H3,(H2,15,17,18,19). The predicted molar refractivity (Wildman–Crippen MR) is 76.1 cm³/mol. The van der Waals surface area contributed by atoms with Crippen molar-refractivity contribution in [3.05, 3.63) is 36.7 Å². The van der Waals surface area contributed by atoms with Crippen molar-refractivity contribution in [2.75, 3.05) is 12.3 Å². The van der Waals surface area contributed by atoms with Crippen LogP contribution in [-0.2, 0) is 0 Å².